The average Bonchev–Trinajstić information content (AvgIpc) is 3.39. The number of rotatable bonds is 7. The molecule has 0 aliphatic carbocycles. The van der Waals surface area contributed by atoms with Crippen molar-refractivity contribution in [2.24, 2.45) is 4.99 Å². The number of ether oxygens (including phenoxy) is 1. The summed E-state index contributed by atoms with van der Waals surface area (Å²) in [6.45, 7) is 10.6. The molecule has 0 saturated carbocycles. The van der Waals surface area contributed by atoms with Gasteiger partial charge in [-0.2, -0.15) is 0 Å². The van der Waals surface area contributed by atoms with E-state index in [4.69, 9.17) is 9.73 Å². The summed E-state index contributed by atoms with van der Waals surface area (Å²) in [5.74, 6) is 2.48. The van der Waals surface area contributed by atoms with E-state index in [0.29, 0.717) is 12.0 Å². The number of hydrogen-bond donors (Lipinski definition) is 1. The fourth-order valence-corrected chi connectivity index (χ4v) is 3.91. The van der Waals surface area contributed by atoms with Gasteiger partial charge in [-0.1, -0.05) is 31.2 Å². The number of halogens is 1. The zero-order chi connectivity index (χ0) is 19.1. The summed E-state index contributed by atoms with van der Waals surface area (Å²) in [5.41, 5.74) is 1.35. The van der Waals surface area contributed by atoms with E-state index in [9.17, 15) is 0 Å². The highest BCUT2D eigenvalue weighted by Gasteiger charge is 2.29. The van der Waals surface area contributed by atoms with Gasteiger partial charge in [0.2, 0.25) is 0 Å². The van der Waals surface area contributed by atoms with Crippen molar-refractivity contribution in [3.63, 3.8) is 0 Å². The van der Waals surface area contributed by atoms with Crippen LogP contribution in [0.2, 0.25) is 0 Å². The van der Waals surface area contributed by atoms with Gasteiger partial charge in [-0.05, 0) is 43.4 Å². The van der Waals surface area contributed by atoms with Crippen LogP contribution in [0.3, 0.4) is 0 Å². The molecule has 0 aromatic heterocycles. The van der Waals surface area contributed by atoms with E-state index in [1.807, 2.05) is 12.1 Å². The Morgan fingerprint density at radius 3 is 2.61 bits per heavy atom. The second kappa shape index (κ2) is 11.7. The molecule has 2 aliphatic rings. The van der Waals surface area contributed by atoms with Crippen molar-refractivity contribution in [3.05, 3.63) is 42.0 Å². The number of likely N-dealkylation sites (tertiary alicyclic amines) is 1. The van der Waals surface area contributed by atoms with Crippen LogP contribution >= 0.6 is 24.0 Å². The van der Waals surface area contributed by atoms with E-state index in [-0.39, 0.29) is 24.0 Å². The number of nitrogens with one attached hydrogen (secondary N) is 1. The minimum absolute atomic E-state index is 0. The summed E-state index contributed by atoms with van der Waals surface area (Å²) in [5, 5.41) is 3.49. The average molecular weight is 498 g/mol. The summed E-state index contributed by atoms with van der Waals surface area (Å²) < 4.78 is 5.25. The second-order valence-electron chi connectivity index (χ2n) is 7.51. The summed E-state index contributed by atoms with van der Waals surface area (Å²) >= 11 is 0. The van der Waals surface area contributed by atoms with Gasteiger partial charge in [0.15, 0.2) is 5.96 Å². The van der Waals surface area contributed by atoms with Crippen molar-refractivity contribution >= 4 is 29.9 Å². The molecular weight excluding hydrogens is 463 g/mol. The van der Waals surface area contributed by atoms with Gasteiger partial charge in [-0.25, -0.2) is 0 Å². The molecule has 0 bridgehead atoms. The molecule has 1 aromatic carbocycles. The highest BCUT2D eigenvalue weighted by atomic mass is 127. The van der Waals surface area contributed by atoms with Gasteiger partial charge >= 0.3 is 0 Å². The maximum Gasteiger partial charge on any atom is 0.193 e. The highest BCUT2D eigenvalue weighted by molar-refractivity contribution is 14.0. The quantitative estimate of drug-likeness (QED) is 0.269. The van der Waals surface area contributed by atoms with Crippen LogP contribution in [0.4, 0.5) is 0 Å². The molecule has 1 N–H and O–H groups in total. The van der Waals surface area contributed by atoms with Gasteiger partial charge in [0.25, 0.3) is 0 Å². The van der Waals surface area contributed by atoms with Gasteiger partial charge in [0, 0.05) is 45.3 Å². The molecule has 2 atom stereocenters. The number of hydrogen-bond acceptors (Lipinski definition) is 3. The SMILES string of the molecule is CCNC(=NCCC(C)c1ccc(OC)cc1)N1CCC(N2CC=CC2)C1.I. The lowest BCUT2D eigenvalue weighted by molar-refractivity contribution is 0.259. The lowest BCUT2D eigenvalue weighted by atomic mass is 9.98. The predicted octanol–water partition coefficient (Wildman–Crippen LogP) is 3.72. The highest BCUT2D eigenvalue weighted by Crippen LogP contribution is 2.22. The van der Waals surface area contributed by atoms with Crippen LogP contribution in [-0.2, 0) is 0 Å². The zero-order valence-corrected chi connectivity index (χ0v) is 19.8. The summed E-state index contributed by atoms with van der Waals surface area (Å²) in [6, 6.07) is 9.05. The molecule has 2 heterocycles. The van der Waals surface area contributed by atoms with Crippen molar-refractivity contribution in [1.82, 2.24) is 15.1 Å². The Morgan fingerprint density at radius 2 is 1.96 bits per heavy atom. The monoisotopic (exact) mass is 498 g/mol. The van der Waals surface area contributed by atoms with E-state index in [0.717, 1.165) is 57.4 Å². The number of aliphatic imine (C=N–C) groups is 1. The van der Waals surface area contributed by atoms with Crippen molar-refractivity contribution in [3.8, 4) is 5.75 Å². The zero-order valence-electron chi connectivity index (χ0n) is 17.4. The Kier molecular flexibility index (Phi) is 9.58. The largest absolute Gasteiger partial charge is 0.497 e. The van der Waals surface area contributed by atoms with E-state index in [1.54, 1.807) is 7.11 Å². The van der Waals surface area contributed by atoms with Gasteiger partial charge in [-0.3, -0.25) is 9.89 Å². The van der Waals surface area contributed by atoms with E-state index >= 15 is 0 Å². The third-order valence-electron chi connectivity index (χ3n) is 5.67. The number of methoxy groups -OCH3 is 1. The maximum absolute atomic E-state index is 5.25. The fraction of sp³-hybridized carbons (Fsp3) is 0.591. The molecule has 2 unspecified atom stereocenters. The molecule has 1 aromatic rings. The normalized spacial score (nSPS) is 20.9. The molecule has 5 nitrogen and oxygen atoms in total. The number of nitrogens with zero attached hydrogens (tertiary/aromatic N) is 3. The number of benzene rings is 1. The molecule has 156 valence electrons. The van der Waals surface area contributed by atoms with Crippen LogP contribution in [-0.4, -0.2) is 68.2 Å². The fourth-order valence-electron chi connectivity index (χ4n) is 3.91. The first-order valence-corrected chi connectivity index (χ1v) is 10.3. The molecule has 6 heteroatoms. The molecule has 0 amide bonds. The minimum Gasteiger partial charge on any atom is -0.497 e. The second-order valence-corrected chi connectivity index (χ2v) is 7.51. The standard InChI is InChI=1S/C22H34N4O.HI/c1-4-23-22(26-16-12-20(17-26)25-14-5-6-15-25)24-13-11-18(2)19-7-9-21(27-3)10-8-19;/h5-10,18,20H,4,11-17H2,1-3H3,(H,23,24);1H. The first-order valence-electron chi connectivity index (χ1n) is 10.3. The smallest absolute Gasteiger partial charge is 0.193 e. The first-order chi connectivity index (χ1) is 13.2. The molecule has 3 rings (SSSR count). The van der Waals surface area contributed by atoms with E-state index in [2.05, 4.69) is 53.2 Å². The van der Waals surface area contributed by atoms with E-state index in [1.165, 1.54) is 12.0 Å². The molecule has 1 fully saturated rings. The van der Waals surface area contributed by atoms with Gasteiger partial charge < -0.3 is 15.0 Å². The molecule has 1 saturated heterocycles. The topological polar surface area (TPSA) is 40.1 Å². The molecule has 0 spiro atoms. The molecular formula is C22H35IN4O. The number of guanidine groups is 1. The van der Waals surface area contributed by atoms with E-state index < -0.39 is 0 Å². The van der Waals surface area contributed by atoms with Crippen molar-refractivity contribution < 1.29 is 4.74 Å². The minimum atomic E-state index is 0. The third-order valence-corrected chi connectivity index (χ3v) is 5.67. The van der Waals surface area contributed by atoms with Crippen LogP contribution < -0.4 is 10.1 Å². The van der Waals surface area contributed by atoms with Gasteiger partial charge in [0.05, 0.1) is 7.11 Å². The van der Waals surface area contributed by atoms with Gasteiger partial charge in [0.1, 0.15) is 5.75 Å². The van der Waals surface area contributed by atoms with Crippen LogP contribution in [0, 0.1) is 0 Å². The van der Waals surface area contributed by atoms with Crippen LogP contribution in [0.5, 0.6) is 5.75 Å². The molecule has 0 radical (unpaired) electrons. The Morgan fingerprint density at radius 1 is 1.25 bits per heavy atom. The summed E-state index contributed by atoms with van der Waals surface area (Å²) in [6.07, 6.45) is 6.84. The first kappa shape index (κ1) is 23.0. The van der Waals surface area contributed by atoms with Crippen molar-refractivity contribution in [1.29, 1.82) is 0 Å². The van der Waals surface area contributed by atoms with Crippen LogP contribution in [0.15, 0.2) is 41.4 Å². The van der Waals surface area contributed by atoms with Crippen molar-refractivity contribution in [2.75, 3.05) is 46.4 Å². The Hall–Kier alpha value is -1.28. The summed E-state index contributed by atoms with van der Waals surface area (Å²) in [4.78, 5) is 9.93. The third kappa shape index (κ3) is 6.11. The summed E-state index contributed by atoms with van der Waals surface area (Å²) in [7, 11) is 1.71. The Bertz CT molecular complexity index is 638. The maximum atomic E-state index is 5.25. The lowest BCUT2D eigenvalue weighted by Crippen LogP contribution is -2.42. The lowest BCUT2D eigenvalue weighted by Gasteiger charge is -2.25. The Balaban J connectivity index is 0.00000280. The van der Waals surface area contributed by atoms with Gasteiger partial charge in [-0.15, -0.1) is 24.0 Å². The predicted molar refractivity (Wildman–Crippen MR) is 128 cm³/mol. The van der Waals surface area contributed by atoms with Crippen molar-refractivity contribution in [2.45, 2.75) is 38.6 Å². The van der Waals surface area contributed by atoms with Crippen LogP contribution in [0.25, 0.3) is 0 Å². The van der Waals surface area contributed by atoms with Crippen LogP contribution in [0.1, 0.15) is 38.2 Å². The Labute approximate surface area is 187 Å². The molecule has 28 heavy (non-hydrogen) atoms. The molecule has 2 aliphatic heterocycles.